The highest BCUT2D eigenvalue weighted by Gasteiger charge is 2.22. The average molecular weight is 387 g/mol. The molecule has 0 aliphatic carbocycles. The summed E-state index contributed by atoms with van der Waals surface area (Å²) in [6, 6.07) is 5.50. The summed E-state index contributed by atoms with van der Waals surface area (Å²) in [5.41, 5.74) is 3.01. The number of benzene rings is 1. The molecular weight excluding hydrogens is 365 g/mol. The van der Waals surface area contributed by atoms with Gasteiger partial charge in [0, 0.05) is 37.4 Å². The second-order valence-corrected chi connectivity index (χ2v) is 7.97. The maximum absolute atomic E-state index is 14.6. The highest BCUT2D eigenvalue weighted by atomic mass is 32.1. The largest absolute Gasteiger partial charge is 0.338 e. The van der Waals surface area contributed by atoms with Crippen molar-refractivity contribution in [3.05, 3.63) is 51.0 Å². The summed E-state index contributed by atoms with van der Waals surface area (Å²) in [6.45, 7) is 2.70. The minimum Gasteiger partial charge on any atom is -0.338 e. The number of carbonyl (C=O) groups is 2. The first-order valence-corrected chi connectivity index (χ1v) is 10.1. The molecule has 1 aromatic heterocycles. The van der Waals surface area contributed by atoms with E-state index >= 15 is 0 Å². The number of amides is 2. The Kier molecular flexibility index (Phi) is 5.22. The molecule has 2 aromatic rings. The molecule has 4 rings (SSSR count). The molecule has 1 aromatic carbocycles. The van der Waals surface area contributed by atoms with E-state index in [2.05, 4.69) is 22.1 Å². The van der Waals surface area contributed by atoms with E-state index in [1.165, 1.54) is 10.4 Å². The van der Waals surface area contributed by atoms with Gasteiger partial charge in [-0.3, -0.25) is 9.59 Å². The number of anilines is 1. The first-order chi connectivity index (χ1) is 13.1. The number of halogens is 1. The smallest absolute Gasteiger partial charge is 0.224 e. The molecule has 2 aliphatic heterocycles. The Morgan fingerprint density at radius 1 is 1.19 bits per heavy atom. The van der Waals surface area contributed by atoms with Crippen LogP contribution in [0.5, 0.6) is 0 Å². The van der Waals surface area contributed by atoms with Crippen molar-refractivity contribution >= 4 is 28.8 Å². The molecule has 0 spiro atoms. The number of thiophene rings is 1. The van der Waals surface area contributed by atoms with Crippen LogP contribution >= 0.6 is 11.3 Å². The Balaban J connectivity index is 1.32. The van der Waals surface area contributed by atoms with Gasteiger partial charge in [-0.2, -0.15) is 0 Å². The van der Waals surface area contributed by atoms with Gasteiger partial charge in [0.15, 0.2) is 0 Å². The zero-order valence-electron chi connectivity index (χ0n) is 15.0. The molecule has 5 nitrogen and oxygen atoms in total. The van der Waals surface area contributed by atoms with E-state index in [-0.39, 0.29) is 36.2 Å². The molecule has 2 amide bonds. The van der Waals surface area contributed by atoms with E-state index < -0.39 is 0 Å². The minimum atomic E-state index is -0.352. The lowest BCUT2D eigenvalue weighted by atomic mass is 9.99. The van der Waals surface area contributed by atoms with Gasteiger partial charge in [0.25, 0.3) is 0 Å². The van der Waals surface area contributed by atoms with E-state index in [1.54, 1.807) is 22.3 Å². The van der Waals surface area contributed by atoms with Crippen molar-refractivity contribution < 1.29 is 14.0 Å². The Bertz CT molecular complexity index is 880. The van der Waals surface area contributed by atoms with Gasteiger partial charge >= 0.3 is 0 Å². The fourth-order valence-electron chi connectivity index (χ4n) is 3.68. The van der Waals surface area contributed by atoms with Crippen molar-refractivity contribution in [2.45, 2.75) is 38.8 Å². The van der Waals surface area contributed by atoms with Crippen LogP contribution in [-0.2, 0) is 35.5 Å². The third-order valence-corrected chi connectivity index (χ3v) is 6.23. The predicted molar refractivity (Wildman–Crippen MR) is 103 cm³/mol. The molecule has 0 bridgehead atoms. The zero-order chi connectivity index (χ0) is 18.8. The Morgan fingerprint density at radius 2 is 2.07 bits per heavy atom. The maximum atomic E-state index is 14.6. The van der Waals surface area contributed by atoms with Crippen molar-refractivity contribution in [1.29, 1.82) is 0 Å². The van der Waals surface area contributed by atoms with Crippen LogP contribution in [0.25, 0.3) is 0 Å². The SMILES string of the molecule is O=C(CCC(=O)N1CCc2sccc2C1)Nc1ccc2c(c1F)CCNC2. The lowest BCUT2D eigenvalue weighted by Gasteiger charge is -2.27. The summed E-state index contributed by atoms with van der Waals surface area (Å²) in [7, 11) is 0. The molecule has 0 fully saturated rings. The molecule has 0 atom stereocenters. The van der Waals surface area contributed by atoms with Gasteiger partial charge in [-0.15, -0.1) is 11.3 Å². The summed E-state index contributed by atoms with van der Waals surface area (Å²) >= 11 is 1.73. The number of carbonyl (C=O) groups excluding carboxylic acids is 2. The molecule has 0 saturated carbocycles. The van der Waals surface area contributed by atoms with Crippen LogP contribution in [0.15, 0.2) is 23.6 Å². The maximum Gasteiger partial charge on any atom is 0.224 e. The fourth-order valence-corrected chi connectivity index (χ4v) is 4.57. The predicted octanol–water partition coefficient (Wildman–Crippen LogP) is 2.84. The van der Waals surface area contributed by atoms with Gasteiger partial charge < -0.3 is 15.5 Å². The Hall–Kier alpha value is -2.25. The second kappa shape index (κ2) is 7.78. The second-order valence-electron chi connectivity index (χ2n) is 6.97. The van der Waals surface area contributed by atoms with Crippen molar-refractivity contribution in [3.8, 4) is 0 Å². The van der Waals surface area contributed by atoms with E-state index in [4.69, 9.17) is 0 Å². The van der Waals surface area contributed by atoms with Crippen LogP contribution in [0, 0.1) is 5.82 Å². The summed E-state index contributed by atoms with van der Waals surface area (Å²) in [4.78, 5) is 27.8. The quantitative estimate of drug-likeness (QED) is 0.848. The van der Waals surface area contributed by atoms with E-state index in [9.17, 15) is 14.0 Å². The van der Waals surface area contributed by atoms with E-state index in [0.717, 1.165) is 18.5 Å². The van der Waals surface area contributed by atoms with Gasteiger partial charge in [0.1, 0.15) is 5.82 Å². The topological polar surface area (TPSA) is 61.4 Å². The molecule has 0 saturated heterocycles. The lowest BCUT2D eigenvalue weighted by Crippen LogP contribution is -2.35. The summed E-state index contributed by atoms with van der Waals surface area (Å²) < 4.78 is 14.6. The molecule has 0 radical (unpaired) electrons. The molecule has 7 heteroatoms. The van der Waals surface area contributed by atoms with Gasteiger partial charge in [-0.25, -0.2) is 4.39 Å². The summed E-state index contributed by atoms with van der Waals surface area (Å²) in [5, 5.41) is 7.88. The number of nitrogens with zero attached hydrogens (tertiary/aromatic N) is 1. The molecule has 2 aliphatic rings. The van der Waals surface area contributed by atoms with Crippen molar-refractivity contribution in [2.75, 3.05) is 18.4 Å². The lowest BCUT2D eigenvalue weighted by molar-refractivity contribution is -0.133. The van der Waals surface area contributed by atoms with E-state index in [1.807, 2.05) is 6.07 Å². The van der Waals surface area contributed by atoms with Gasteiger partial charge in [-0.1, -0.05) is 6.07 Å². The molecule has 27 heavy (non-hydrogen) atoms. The van der Waals surface area contributed by atoms with Crippen LogP contribution in [0.2, 0.25) is 0 Å². The Morgan fingerprint density at radius 3 is 2.96 bits per heavy atom. The van der Waals surface area contributed by atoms with Gasteiger partial charge in [0.2, 0.25) is 11.8 Å². The van der Waals surface area contributed by atoms with Crippen LogP contribution in [0.3, 0.4) is 0 Å². The van der Waals surface area contributed by atoms with Crippen LogP contribution in [0.1, 0.15) is 34.4 Å². The summed E-state index contributed by atoms with van der Waals surface area (Å²) in [6.07, 6.45) is 1.69. The molecule has 0 unspecified atom stereocenters. The highest BCUT2D eigenvalue weighted by Crippen LogP contribution is 2.26. The van der Waals surface area contributed by atoms with Gasteiger partial charge in [-0.05, 0) is 53.6 Å². The molecule has 2 N–H and O–H groups in total. The highest BCUT2D eigenvalue weighted by molar-refractivity contribution is 7.10. The molecule has 3 heterocycles. The monoisotopic (exact) mass is 387 g/mol. The number of fused-ring (bicyclic) bond motifs is 2. The summed E-state index contributed by atoms with van der Waals surface area (Å²) in [5.74, 6) is -0.710. The zero-order valence-corrected chi connectivity index (χ0v) is 15.8. The number of hydrogen-bond acceptors (Lipinski definition) is 4. The average Bonchev–Trinajstić information content (AvgIpc) is 3.16. The fraction of sp³-hybridized carbons (Fsp3) is 0.400. The van der Waals surface area contributed by atoms with Gasteiger partial charge in [0.05, 0.1) is 5.69 Å². The Labute approximate surface area is 161 Å². The minimum absolute atomic E-state index is 0.0287. The normalized spacial score (nSPS) is 15.8. The first-order valence-electron chi connectivity index (χ1n) is 9.25. The van der Waals surface area contributed by atoms with Crippen LogP contribution in [0.4, 0.5) is 10.1 Å². The van der Waals surface area contributed by atoms with Crippen LogP contribution < -0.4 is 10.6 Å². The number of hydrogen-bond donors (Lipinski definition) is 2. The van der Waals surface area contributed by atoms with E-state index in [0.29, 0.717) is 31.6 Å². The molecule has 142 valence electrons. The number of rotatable bonds is 4. The molecular formula is C20H22FN3O2S. The van der Waals surface area contributed by atoms with Crippen molar-refractivity contribution in [2.24, 2.45) is 0 Å². The van der Waals surface area contributed by atoms with Crippen molar-refractivity contribution in [3.63, 3.8) is 0 Å². The third kappa shape index (κ3) is 3.89. The number of nitrogens with one attached hydrogen (secondary N) is 2. The third-order valence-electron chi connectivity index (χ3n) is 5.21. The van der Waals surface area contributed by atoms with Crippen molar-refractivity contribution in [1.82, 2.24) is 10.2 Å². The standard InChI is InChI=1S/C20H22FN3O2S/c21-20-15-5-8-22-11-13(15)1-2-16(20)23-18(25)3-4-19(26)24-9-6-17-14(12-24)7-10-27-17/h1-2,7,10,22H,3-6,8-9,11-12H2,(H,23,25). The van der Waals surface area contributed by atoms with Crippen LogP contribution in [-0.4, -0.2) is 29.8 Å². The first kappa shape index (κ1) is 18.1.